The number of hydrazine groups is 1. The summed E-state index contributed by atoms with van der Waals surface area (Å²) in [5, 5.41) is 4.85. The lowest BCUT2D eigenvalue weighted by Crippen LogP contribution is -2.40. The van der Waals surface area contributed by atoms with Gasteiger partial charge in [-0.3, -0.25) is 25.1 Å². The molecule has 0 saturated heterocycles. The normalized spacial score (nSPS) is 11.2. The van der Waals surface area contributed by atoms with Crippen LogP contribution in [-0.4, -0.2) is 26.6 Å². The maximum Gasteiger partial charge on any atom is 0.286 e. The fourth-order valence-electron chi connectivity index (χ4n) is 2.08. The van der Waals surface area contributed by atoms with E-state index in [1.54, 1.807) is 29.1 Å². The quantitative estimate of drug-likeness (QED) is 0.571. The van der Waals surface area contributed by atoms with Crippen molar-refractivity contribution in [2.75, 3.05) is 0 Å². The first-order chi connectivity index (χ1) is 11.4. The summed E-state index contributed by atoms with van der Waals surface area (Å²) in [6.45, 7) is 6.67. The molecule has 2 aromatic heterocycles. The maximum atomic E-state index is 11.8. The SMILES string of the molecule is Cc1nn(CC(C)C)c(Cl)c1/C=C/C(=O)NNC(=O)c1ccc[nH]1. The van der Waals surface area contributed by atoms with Crippen LogP contribution in [0.15, 0.2) is 24.4 Å². The Kier molecular flexibility index (Phi) is 5.81. The van der Waals surface area contributed by atoms with Crippen LogP contribution in [0.1, 0.15) is 35.6 Å². The number of nitrogens with zero attached hydrogens (tertiary/aromatic N) is 2. The van der Waals surface area contributed by atoms with Gasteiger partial charge in [-0.05, 0) is 31.1 Å². The molecule has 0 unspecified atom stereocenters. The van der Waals surface area contributed by atoms with Crippen LogP contribution in [0.3, 0.4) is 0 Å². The van der Waals surface area contributed by atoms with Crippen molar-refractivity contribution in [3.8, 4) is 0 Å². The average Bonchev–Trinajstić information content (AvgIpc) is 3.13. The van der Waals surface area contributed by atoms with Crippen molar-refractivity contribution in [1.29, 1.82) is 0 Å². The lowest BCUT2D eigenvalue weighted by atomic mass is 10.2. The molecule has 0 aromatic carbocycles. The second kappa shape index (κ2) is 7.83. The molecule has 24 heavy (non-hydrogen) atoms. The third-order valence-electron chi connectivity index (χ3n) is 3.19. The molecule has 0 bridgehead atoms. The van der Waals surface area contributed by atoms with E-state index in [0.29, 0.717) is 28.9 Å². The van der Waals surface area contributed by atoms with E-state index < -0.39 is 11.8 Å². The minimum Gasteiger partial charge on any atom is -0.357 e. The number of carbonyl (C=O) groups excluding carboxylic acids is 2. The molecular formula is C16H20ClN5O2. The van der Waals surface area contributed by atoms with Gasteiger partial charge in [-0.1, -0.05) is 25.4 Å². The molecule has 2 rings (SSSR count). The first-order valence-electron chi connectivity index (χ1n) is 7.53. The van der Waals surface area contributed by atoms with Gasteiger partial charge in [0.15, 0.2) is 0 Å². The van der Waals surface area contributed by atoms with E-state index in [4.69, 9.17) is 11.6 Å². The van der Waals surface area contributed by atoms with Gasteiger partial charge in [0.05, 0.1) is 5.69 Å². The highest BCUT2D eigenvalue weighted by Crippen LogP contribution is 2.22. The highest BCUT2D eigenvalue weighted by molar-refractivity contribution is 6.31. The number of amides is 2. The summed E-state index contributed by atoms with van der Waals surface area (Å²) in [6, 6.07) is 3.29. The molecule has 7 nitrogen and oxygen atoms in total. The number of halogens is 1. The Bertz CT molecular complexity index is 747. The standard InChI is InChI=1S/C16H20ClN5O2/c1-10(2)9-22-15(17)12(11(3)21-22)6-7-14(23)19-20-16(24)13-5-4-8-18-13/h4-8,10,18H,9H2,1-3H3,(H,19,23)(H,20,24)/b7-6+. The molecule has 3 N–H and O–H groups in total. The molecule has 0 aliphatic rings. The van der Waals surface area contributed by atoms with E-state index in [9.17, 15) is 9.59 Å². The van der Waals surface area contributed by atoms with Crippen LogP contribution in [0.5, 0.6) is 0 Å². The number of nitrogens with one attached hydrogen (secondary N) is 3. The predicted octanol–water partition coefficient (Wildman–Crippen LogP) is 2.30. The second-order valence-corrected chi connectivity index (χ2v) is 6.08. The number of hydrogen-bond acceptors (Lipinski definition) is 3. The number of rotatable bonds is 5. The summed E-state index contributed by atoms with van der Waals surface area (Å²) in [5.41, 5.74) is 6.38. The van der Waals surface area contributed by atoms with Crippen LogP contribution in [0.2, 0.25) is 5.15 Å². The lowest BCUT2D eigenvalue weighted by Gasteiger charge is -2.05. The highest BCUT2D eigenvalue weighted by atomic mass is 35.5. The number of aromatic amines is 1. The van der Waals surface area contributed by atoms with Gasteiger partial charge in [0.25, 0.3) is 11.8 Å². The number of carbonyl (C=O) groups is 2. The van der Waals surface area contributed by atoms with Crippen molar-refractivity contribution in [3.05, 3.63) is 46.5 Å². The van der Waals surface area contributed by atoms with E-state index >= 15 is 0 Å². The Morgan fingerprint density at radius 1 is 1.42 bits per heavy atom. The number of aromatic nitrogens is 3. The third kappa shape index (κ3) is 4.48. The van der Waals surface area contributed by atoms with Crippen LogP contribution in [-0.2, 0) is 11.3 Å². The van der Waals surface area contributed by atoms with Crippen molar-refractivity contribution in [2.45, 2.75) is 27.3 Å². The zero-order valence-corrected chi connectivity index (χ0v) is 14.5. The minimum absolute atomic E-state index is 0.355. The Labute approximate surface area is 145 Å². The highest BCUT2D eigenvalue weighted by Gasteiger charge is 2.12. The third-order valence-corrected chi connectivity index (χ3v) is 3.59. The smallest absolute Gasteiger partial charge is 0.286 e. The van der Waals surface area contributed by atoms with Crippen molar-refractivity contribution < 1.29 is 9.59 Å². The Morgan fingerprint density at radius 3 is 2.79 bits per heavy atom. The Morgan fingerprint density at radius 2 is 2.17 bits per heavy atom. The molecule has 0 radical (unpaired) electrons. The van der Waals surface area contributed by atoms with Gasteiger partial charge < -0.3 is 4.98 Å². The van der Waals surface area contributed by atoms with Gasteiger partial charge in [-0.2, -0.15) is 5.10 Å². The molecule has 2 aromatic rings. The van der Waals surface area contributed by atoms with Crippen molar-refractivity contribution in [3.63, 3.8) is 0 Å². The van der Waals surface area contributed by atoms with E-state index in [2.05, 4.69) is 34.8 Å². The van der Waals surface area contributed by atoms with Crippen LogP contribution in [0.25, 0.3) is 6.08 Å². The van der Waals surface area contributed by atoms with Gasteiger partial charge >= 0.3 is 0 Å². The van der Waals surface area contributed by atoms with Crippen LogP contribution >= 0.6 is 11.6 Å². The van der Waals surface area contributed by atoms with Crippen LogP contribution in [0, 0.1) is 12.8 Å². The zero-order chi connectivity index (χ0) is 17.7. The molecule has 0 aliphatic carbocycles. The lowest BCUT2D eigenvalue weighted by molar-refractivity contribution is -0.117. The molecule has 2 heterocycles. The van der Waals surface area contributed by atoms with E-state index in [0.717, 1.165) is 5.69 Å². The topological polar surface area (TPSA) is 91.8 Å². The maximum absolute atomic E-state index is 11.8. The van der Waals surface area contributed by atoms with E-state index in [-0.39, 0.29) is 0 Å². The van der Waals surface area contributed by atoms with Crippen LogP contribution in [0.4, 0.5) is 0 Å². The second-order valence-electron chi connectivity index (χ2n) is 5.73. The summed E-state index contributed by atoms with van der Waals surface area (Å²) >= 11 is 6.30. The van der Waals surface area contributed by atoms with Gasteiger partial charge in [0.1, 0.15) is 10.8 Å². The van der Waals surface area contributed by atoms with Gasteiger partial charge in [0, 0.05) is 24.4 Å². The van der Waals surface area contributed by atoms with Gasteiger partial charge in [-0.25, -0.2) is 0 Å². The minimum atomic E-state index is -0.470. The molecule has 0 saturated carbocycles. The molecule has 0 aliphatic heterocycles. The van der Waals surface area contributed by atoms with Crippen LogP contribution < -0.4 is 10.9 Å². The molecule has 8 heteroatoms. The molecule has 0 atom stereocenters. The molecule has 0 spiro atoms. The molecule has 0 fully saturated rings. The summed E-state index contributed by atoms with van der Waals surface area (Å²) in [5.74, 6) is -0.493. The number of hydrogen-bond donors (Lipinski definition) is 3. The average molecular weight is 350 g/mol. The zero-order valence-electron chi connectivity index (χ0n) is 13.8. The van der Waals surface area contributed by atoms with Crippen molar-refractivity contribution >= 4 is 29.5 Å². The Balaban J connectivity index is 1.96. The van der Waals surface area contributed by atoms with E-state index in [1.807, 2.05) is 6.92 Å². The predicted molar refractivity (Wildman–Crippen MR) is 92.2 cm³/mol. The summed E-state index contributed by atoms with van der Waals surface area (Å²) in [7, 11) is 0. The van der Waals surface area contributed by atoms with E-state index in [1.165, 1.54) is 6.08 Å². The number of H-pyrrole nitrogens is 1. The first kappa shape index (κ1) is 17.8. The van der Waals surface area contributed by atoms with Gasteiger partial charge in [-0.15, -0.1) is 0 Å². The summed E-state index contributed by atoms with van der Waals surface area (Å²) < 4.78 is 1.71. The molecule has 2 amide bonds. The summed E-state index contributed by atoms with van der Waals surface area (Å²) in [4.78, 5) is 26.2. The first-order valence-corrected chi connectivity index (χ1v) is 7.91. The fraction of sp³-hybridized carbons (Fsp3) is 0.312. The fourth-order valence-corrected chi connectivity index (χ4v) is 2.39. The Hall–Kier alpha value is -2.54. The molecular weight excluding hydrogens is 330 g/mol. The number of aryl methyl sites for hydroxylation is 1. The summed E-state index contributed by atoms with van der Waals surface area (Å²) in [6.07, 6.45) is 4.50. The van der Waals surface area contributed by atoms with Crippen molar-refractivity contribution in [1.82, 2.24) is 25.6 Å². The monoisotopic (exact) mass is 349 g/mol. The van der Waals surface area contributed by atoms with Crippen molar-refractivity contribution in [2.24, 2.45) is 5.92 Å². The largest absolute Gasteiger partial charge is 0.357 e. The molecule has 128 valence electrons. The van der Waals surface area contributed by atoms with Gasteiger partial charge in [0.2, 0.25) is 0 Å².